The molecule has 1 heterocycles. The largest absolute Gasteiger partial charge is 0.486 e. The van der Waals surface area contributed by atoms with E-state index in [0.717, 1.165) is 21.3 Å². The molecule has 0 spiro atoms. The van der Waals surface area contributed by atoms with Gasteiger partial charge in [0.15, 0.2) is 0 Å². The molecule has 1 aromatic carbocycles. The first-order chi connectivity index (χ1) is 6.52. The van der Waals surface area contributed by atoms with Crippen LogP contribution in [0, 0.1) is 14.9 Å². The van der Waals surface area contributed by atoms with Gasteiger partial charge in [0.1, 0.15) is 17.4 Å². The number of nitriles is 1. The van der Waals surface area contributed by atoms with E-state index in [1.54, 1.807) is 0 Å². The van der Waals surface area contributed by atoms with E-state index >= 15 is 0 Å². The van der Waals surface area contributed by atoms with Crippen LogP contribution in [0.3, 0.4) is 0 Å². The molecule has 1 aromatic rings. The Morgan fingerprint density at radius 3 is 2.86 bits per heavy atom. The van der Waals surface area contributed by atoms with Crippen molar-refractivity contribution in [3.05, 3.63) is 26.8 Å². The maximum Gasteiger partial charge on any atom is 0.141 e. The Morgan fingerprint density at radius 1 is 1.50 bits per heavy atom. The van der Waals surface area contributed by atoms with Gasteiger partial charge in [-0.3, -0.25) is 0 Å². The SMILES string of the molecule is CC1(C)Cc2cc(I)cc(C#N)c2O1. The van der Waals surface area contributed by atoms with E-state index in [-0.39, 0.29) is 5.60 Å². The van der Waals surface area contributed by atoms with Gasteiger partial charge in [0.05, 0.1) is 5.56 Å². The summed E-state index contributed by atoms with van der Waals surface area (Å²) < 4.78 is 6.84. The summed E-state index contributed by atoms with van der Waals surface area (Å²) in [5.41, 5.74) is 1.63. The monoisotopic (exact) mass is 299 g/mol. The van der Waals surface area contributed by atoms with Gasteiger partial charge in [-0.2, -0.15) is 5.26 Å². The molecule has 0 aliphatic carbocycles. The van der Waals surface area contributed by atoms with E-state index in [9.17, 15) is 0 Å². The first kappa shape index (κ1) is 9.78. The fourth-order valence-corrected chi connectivity index (χ4v) is 2.44. The molecule has 0 saturated heterocycles. The number of benzene rings is 1. The van der Waals surface area contributed by atoms with E-state index in [4.69, 9.17) is 10.00 Å². The lowest BCUT2D eigenvalue weighted by atomic mass is 10.0. The molecule has 0 fully saturated rings. The molecule has 0 atom stereocenters. The second-order valence-corrected chi connectivity index (χ2v) is 5.34. The topological polar surface area (TPSA) is 33.0 Å². The third kappa shape index (κ3) is 1.59. The van der Waals surface area contributed by atoms with E-state index in [1.807, 2.05) is 19.9 Å². The van der Waals surface area contributed by atoms with Gasteiger partial charge in [0.25, 0.3) is 0 Å². The predicted molar refractivity (Wildman–Crippen MR) is 62.3 cm³/mol. The minimum absolute atomic E-state index is 0.168. The van der Waals surface area contributed by atoms with Crippen LogP contribution in [0.2, 0.25) is 0 Å². The number of halogens is 1. The second kappa shape index (κ2) is 3.13. The first-order valence-corrected chi connectivity index (χ1v) is 5.51. The Hall–Kier alpha value is -0.760. The summed E-state index contributed by atoms with van der Waals surface area (Å²) in [4.78, 5) is 0. The Balaban J connectivity index is 2.58. The molecule has 72 valence electrons. The van der Waals surface area contributed by atoms with Gasteiger partial charge in [-0.1, -0.05) is 0 Å². The molecule has 14 heavy (non-hydrogen) atoms. The molecule has 0 aromatic heterocycles. The van der Waals surface area contributed by atoms with Gasteiger partial charge >= 0.3 is 0 Å². The Labute approximate surface area is 97.0 Å². The summed E-state index contributed by atoms with van der Waals surface area (Å²) in [5, 5.41) is 8.96. The highest BCUT2D eigenvalue weighted by molar-refractivity contribution is 14.1. The molecular weight excluding hydrogens is 289 g/mol. The van der Waals surface area contributed by atoms with Crippen LogP contribution in [0.5, 0.6) is 5.75 Å². The molecule has 0 radical (unpaired) electrons. The maximum atomic E-state index is 8.96. The number of hydrogen-bond acceptors (Lipinski definition) is 2. The molecule has 0 unspecified atom stereocenters. The van der Waals surface area contributed by atoms with Crippen molar-refractivity contribution < 1.29 is 4.74 Å². The molecule has 0 saturated carbocycles. The fraction of sp³-hybridized carbons (Fsp3) is 0.364. The van der Waals surface area contributed by atoms with Gasteiger partial charge in [-0.05, 0) is 48.6 Å². The van der Waals surface area contributed by atoms with Crippen LogP contribution in [-0.4, -0.2) is 5.60 Å². The molecule has 0 amide bonds. The van der Waals surface area contributed by atoms with Crippen molar-refractivity contribution in [2.45, 2.75) is 25.9 Å². The van der Waals surface area contributed by atoms with Gasteiger partial charge < -0.3 is 4.74 Å². The second-order valence-electron chi connectivity index (χ2n) is 4.09. The zero-order valence-corrected chi connectivity index (χ0v) is 10.3. The molecule has 1 aliphatic heterocycles. The lowest BCUT2D eigenvalue weighted by molar-refractivity contribution is 0.138. The lowest BCUT2D eigenvalue weighted by Crippen LogP contribution is -2.24. The van der Waals surface area contributed by atoms with E-state index in [0.29, 0.717) is 5.56 Å². The van der Waals surface area contributed by atoms with Crippen molar-refractivity contribution in [2.75, 3.05) is 0 Å². The molecule has 3 heteroatoms. The third-order valence-electron chi connectivity index (χ3n) is 2.25. The fourth-order valence-electron chi connectivity index (χ4n) is 1.76. The van der Waals surface area contributed by atoms with Gasteiger partial charge in [-0.25, -0.2) is 0 Å². The molecule has 2 rings (SSSR count). The summed E-state index contributed by atoms with van der Waals surface area (Å²) in [5.74, 6) is 0.776. The van der Waals surface area contributed by atoms with Crippen LogP contribution in [0.15, 0.2) is 12.1 Å². The highest BCUT2D eigenvalue weighted by Gasteiger charge is 2.32. The number of ether oxygens (including phenoxy) is 1. The number of nitrogens with zero attached hydrogens (tertiary/aromatic N) is 1. The van der Waals surface area contributed by atoms with E-state index < -0.39 is 0 Å². The zero-order chi connectivity index (χ0) is 10.3. The molecule has 0 N–H and O–H groups in total. The molecule has 1 aliphatic rings. The quantitative estimate of drug-likeness (QED) is 0.690. The van der Waals surface area contributed by atoms with Crippen LogP contribution in [0.25, 0.3) is 0 Å². The third-order valence-corrected chi connectivity index (χ3v) is 2.87. The summed E-state index contributed by atoms with van der Waals surface area (Å²) in [6.45, 7) is 4.09. The lowest BCUT2D eigenvalue weighted by Gasteiger charge is -2.17. The standard InChI is InChI=1S/C11H10INO/c1-11(2)5-7-3-9(12)4-8(6-13)10(7)14-11/h3-4H,5H2,1-2H3. The normalized spacial score (nSPS) is 17.0. The number of rotatable bonds is 0. The van der Waals surface area contributed by atoms with Crippen LogP contribution < -0.4 is 4.74 Å². The Morgan fingerprint density at radius 2 is 2.21 bits per heavy atom. The average molecular weight is 299 g/mol. The number of hydrogen-bond donors (Lipinski definition) is 0. The summed E-state index contributed by atoms with van der Waals surface area (Å²) in [6, 6.07) is 6.13. The van der Waals surface area contributed by atoms with Crippen molar-refractivity contribution in [2.24, 2.45) is 0 Å². The van der Waals surface area contributed by atoms with Gasteiger partial charge in [0.2, 0.25) is 0 Å². The molecule has 2 nitrogen and oxygen atoms in total. The Bertz CT molecular complexity index is 432. The van der Waals surface area contributed by atoms with Crippen molar-refractivity contribution in [3.8, 4) is 11.8 Å². The van der Waals surface area contributed by atoms with Crippen LogP contribution in [0.4, 0.5) is 0 Å². The Kier molecular flexibility index (Phi) is 2.18. The van der Waals surface area contributed by atoms with Crippen molar-refractivity contribution in [3.63, 3.8) is 0 Å². The van der Waals surface area contributed by atoms with Crippen molar-refractivity contribution in [1.29, 1.82) is 5.26 Å². The predicted octanol–water partition coefficient (Wildman–Crippen LogP) is 2.88. The highest BCUT2D eigenvalue weighted by atomic mass is 127. The molecule has 0 bridgehead atoms. The van der Waals surface area contributed by atoms with E-state index in [1.165, 1.54) is 0 Å². The summed E-state index contributed by atoms with van der Waals surface area (Å²) in [7, 11) is 0. The van der Waals surface area contributed by atoms with Crippen molar-refractivity contribution >= 4 is 22.6 Å². The van der Waals surface area contributed by atoms with E-state index in [2.05, 4.69) is 34.7 Å². The summed E-state index contributed by atoms with van der Waals surface area (Å²) >= 11 is 2.23. The smallest absolute Gasteiger partial charge is 0.141 e. The summed E-state index contributed by atoms with van der Waals surface area (Å²) in [6.07, 6.45) is 0.883. The van der Waals surface area contributed by atoms with Gasteiger partial charge in [0, 0.05) is 15.6 Å². The minimum Gasteiger partial charge on any atom is -0.486 e. The van der Waals surface area contributed by atoms with Gasteiger partial charge in [-0.15, -0.1) is 0 Å². The highest BCUT2D eigenvalue weighted by Crippen LogP contribution is 2.38. The van der Waals surface area contributed by atoms with Crippen LogP contribution in [0.1, 0.15) is 25.0 Å². The van der Waals surface area contributed by atoms with Crippen molar-refractivity contribution in [1.82, 2.24) is 0 Å². The molecular formula is C11H10INO. The number of fused-ring (bicyclic) bond motifs is 1. The van der Waals surface area contributed by atoms with Crippen LogP contribution >= 0.6 is 22.6 Å². The first-order valence-electron chi connectivity index (χ1n) is 4.43. The maximum absolute atomic E-state index is 8.96. The average Bonchev–Trinajstić information content (AvgIpc) is 2.37. The zero-order valence-electron chi connectivity index (χ0n) is 8.10. The minimum atomic E-state index is -0.168. The van der Waals surface area contributed by atoms with Crippen LogP contribution in [-0.2, 0) is 6.42 Å².